The van der Waals surface area contributed by atoms with Crippen molar-refractivity contribution in [1.82, 2.24) is 14.8 Å². The van der Waals surface area contributed by atoms with Crippen LogP contribution in [0.5, 0.6) is 0 Å². The molecule has 130 valence electrons. The fourth-order valence-electron chi connectivity index (χ4n) is 3.77. The van der Waals surface area contributed by atoms with Gasteiger partial charge in [0.25, 0.3) is 5.91 Å². The summed E-state index contributed by atoms with van der Waals surface area (Å²) in [6.07, 6.45) is 2.78. The van der Waals surface area contributed by atoms with E-state index < -0.39 is 0 Å². The van der Waals surface area contributed by atoms with E-state index in [0.717, 1.165) is 51.5 Å². The molecule has 4 rings (SSSR count). The van der Waals surface area contributed by atoms with E-state index in [2.05, 4.69) is 39.9 Å². The Morgan fingerprint density at radius 3 is 2.64 bits per heavy atom. The number of nitrogens with zero attached hydrogens (tertiary/aromatic N) is 4. The Balaban J connectivity index is 1.61. The van der Waals surface area contributed by atoms with Crippen molar-refractivity contribution >= 4 is 17.4 Å². The van der Waals surface area contributed by atoms with Gasteiger partial charge in [-0.15, -0.1) is 0 Å². The van der Waals surface area contributed by atoms with Crippen molar-refractivity contribution in [3.8, 4) is 0 Å². The molecule has 0 unspecified atom stereocenters. The van der Waals surface area contributed by atoms with Crippen LogP contribution in [0.1, 0.15) is 22.8 Å². The molecule has 5 nitrogen and oxygen atoms in total. The number of pyridine rings is 1. The number of aromatic nitrogens is 1. The van der Waals surface area contributed by atoms with Crippen molar-refractivity contribution in [2.45, 2.75) is 13.3 Å². The van der Waals surface area contributed by atoms with Gasteiger partial charge in [0.15, 0.2) is 0 Å². The summed E-state index contributed by atoms with van der Waals surface area (Å²) in [5.41, 5.74) is 3.21. The number of piperazine rings is 1. The lowest BCUT2D eigenvalue weighted by atomic mass is 10.1. The molecule has 0 aliphatic carbocycles. The topological polar surface area (TPSA) is 39.7 Å². The van der Waals surface area contributed by atoms with Crippen LogP contribution in [-0.4, -0.2) is 60.0 Å². The first-order valence-electron chi connectivity index (χ1n) is 9.10. The molecule has 1 fully saturated rings. The van der Waals surface area contributed by atoms with E-state index in [1.54, 1.807) is 6.20 Å². The van der Waals surface area contributed by atoms with Gasteiger partial charge in [-0.2, -0.15) is 0 Å². The largest absolute Gasteiger partial charge is 0.336 e. The molecule has 0 atom stereocenters. The average Bonchev–Trinajstić information content (AvgIpc) is 3.11. The lowest BCUT2D eigenvalue weighted by molar-refractivity contribution is 0.0644. The van der Waals surface area contributed by atoms with Crippen LogP contribution in [0.2, 0.25) is 0 Å². The van der Waals surface area contributed by atoms with Crippen molar-refractivity contribution in [1.29, 1.82) is 0 Å². The number of anilines is 2. The number of benzene rings is 1. The number of likely N-dealkylation sites (N-methyl/N-ethyl adjacent to an activating group) is 1. The summed E-state index contributed by atoms with van der Waals surface area (Å²) in [6, 6.07) is 12.2. The molecule has 1 aromatic heterocycles. The lowest BCUT2D eigenvalue weighted by Crippen LogP contribution is -2.48. The Labute approximate surface area is 148 Å². The average molecular weight is 336 g/mol. The third kappa shape index (κ3) is 3.00. The van der Waals surface area contributed by atoms with Gasteiger partial charge in [-0.25, -0.2) is 4.98 Å². The second-order valence-corrected chi connectivity index (χ2v) is 6.63. The number of carbonyl (C=O) groups is 1. The monoisotopic (exact) mass is 336 g/mol. The molecule has 5 heteroatoms. The van der Waals surface area contributed by atoms with Crippen LogP contribution in [-0.2, 0) is 6.42 Å². The number of rotatable bonds is 3. The highest BCUT2D eigenvalue weighted by molar-refractivity contribution is 6.00. The maximum absolute atomic E-state index is 13.1. The second kappa shape index (κ2) is 6.84. The van der Waals surface area contributed by atoms with Crippen molar-refractivity contribution in [3.05, 3.63) is 53.7 Å². The zero-order chi connectivity index (χ0) is 17.2. The quantitative estimate of drug-likeness (QED) is 0.864. The SMILES string of the molecule is CCN1CCN(C(=O)c2cccnc2N2CCc3ccccc32)CC1. The zero-order valence-electron chi connectivity index (χ0n) is 14.7. The molecule has 2 aliphatic heterocycles. The minimum Gasteiger partial charge on any atom is -0.336 e. The van der Waals surface area contributed by atoms with Crippen LogP contribution in [0.25, 0.3) is 0 Å². The van der Waals surface area contributed by atoms with Gasteiger partial charge in [0.1, 0.15) is 5.82 Å². The molecule has 0 bridgehead atoms. The zero-order valence-corrected chi connectivity index (χ0v) is 14.7. The van der Waals surface area contributed by atoms with Crippen molar-refractivity contribution in [3.63, 3.8) is 0 Å². The van der Waals surface area contributed by atoms with Crippen LogP contribution >= 0.6 is 0 Å². The number of hydrogen-bond donors (Lipinski definition) is 0. The molecule has 3 heterocycles. The number of fused-ring (bicyclic) bond motifs is 1. The van der Waals surface area contributed by atoms with Gasteiger partial charge < -0.3 is 14.7 Å². The molecule has 2 aromatic rings. The Kier molecular flexibility index (Phi) is 4.40. The fourth-order valence-corrected chi connectivity index (χ4v) is 3.77. The van der Waals surface area contributed by atoms with E-state index in [1.165, 1.54) is 11.3 Å². The normalized spacial score (nSPS) is 17.6. The van der Waals surface area contributed by atoms with E-state index in [-0.39, 0.29) is 5.91 Å². The standard InChI is InChI=1S/C20H24N4O/c1-2-22-12-14-23(15-13-22)20(25)17-7-5-10-21-19(17)24-11-9-16-6-3-4-8-18(16)24/h3-8,10H,2,9,11-15H2,1H3. The number of para-hydroxylation sites is 1. The molecule has 0 radical (unpaired) electrons. The van der Waals surface area contributed by atoms with E-state index in [4.69, 9.17) is 0 Å². The van der Waals surface area contributed by atoms with Gasteiger partial charge in [0, 0.05) is 44.6 Å². The number of hydrogen-bond acceptors (Lipinski definition) is 4. The predicted octanol–water partition coefficient (Wildman–Crippen LogP) is 2.55. The van der Waals surface area contributed by atoms with Gasteiger partial charge in [0.2, 0.25) is 0 Å². The van der Waals surface area contributed by atoms with Crippen LogP contribution in [0.4, 0.5) is 11.5 Å². The highest BCUT2D eigenvalue weighted by Gasteiger charge is 2.28. The van der Waals surface area contributed by atoms with Gasteiger partial charge in [-0.3, -0.25) is 4.79 Å². The fraction of sp³-hybridized carbons (Fsp3) is 0.400. The van der Waals surface area contributed by atoms with Crippen LogP contribution in [0.3, 0.4) is 0 Å². The Morgan fingerprint density at radius 1 is 1.04 bits per heavy atom. The third-order valence-electron chi connectivity index (χ3n) is 5.27. The molecular weight excluding hydrogens is 312 g/mol. The molecule has 0 spiro atoms. The minimum absolute atomic E-state index is 0.100. The summed E-state index contributed by atoms with van der Waals surface area (Å²) in [5.74, 6) is 0.888. The van der Waals surface area contributed by atoms with Crippen molar-refractivity contribution in [2.24, 2.45) is 0 Å². The molecule has 25 heavy (non-hydrogen) atoms. The molecule has 1 amide bonds. The summed E-state index contributed by atoms with van der Waals surface area (Å²) >= 11 is 0. The highest BCUT2D eigenvalue weighted by Crippen LogP contribution is 2.35. The van der Waals surface area contributed by atoms with Gasteiger partial charge in [-0.05, 0) is 36.7 Å². The maximum Gasteiger partial charge on any atom is 0.257 e. The Morgan fingerprint density at radius 2 is 1.84 bits per heavy atom. The molecule has 0 saturated carbocycles. The van der Waals surface area contributed by atoms with Gasteiger partial charge in [-0.1, -0.05) is 25.1 Å². The molecule has 0 N–H and O–H groups in total. The number of amides is 1. The summed E-state index contributed by atoms with van der Waals surface area (Å²) in [4.78, 5) is 24.2. The lowest BCUT2D eigenvalue weighted by Gasteiger charge is -2.34. The first kappa shape index (κ1) is 16.1. The van der Waals surface area contributed by atoms with E-state index in [1.807, 2.05) is 23.1 Å². The van der Waals surface area contributed by atoms with Crippen LogP contribution in [0, 0.1) is 0 Å². The third-order valence-corrected chi connectivity index (χ3v) is 5.27. The molecule has 1 saturated heterocycles. The van der Waals surface area contributed by atoms with E-state index in [9.17, 15) is 4.79 Å². The smallest absolute Gasteiger partial charge is 0.257 e. The summed E-state index contributed by atoms with van der Waals surface area (Å²) < 4.78 is 0. The summed E-state index contributed by atoms with van der Waals surface area (Å²) in [5, 5.41) is 0. The van der Waals surface area contributed by atoms with E-state index >= 15 is 0 Å². The Bertz CT molecular complexity index is 768. The Hall–Kier alpha value is -2.40. The highest BCUT2D eigenvalue weighted by atomic mass is 16.2. The van der Waals surface area contributed by atoms with Gasteiger partial charge >= 0.3 is 0 Å². The van der Waals surface area contributed by atoms with Crippen LogP contribution < -0.4 is 4.90 Å². The molecular formula is C20H24N4O. The summed E-state index contributed by atoms with van der Waals surface area (Å²) in [7, 11) is 0. The predicted molar refractivity (Wildman–Crippen MR) is 99.4 cm³/mol. The van der Waals surface area contributed by atoms with E-state index in [0.29, 0.717) is 5.56 Å². The van der Waals surface area contributed by atoms with Crippen molar-refractivity contribution in [2.75, 3.05) is 44.2 Å². The molecule has 2 aliphatic rings. The maximum atomic E-state index is 13.1. The first-order chi connectivity index (χ1) is 12.3. The van der Waals surface area contributed by atoms with Gasteiger partial charge in [0.05, 0.1) is 5.56 Å². The molecule has 1 aromatic carbocycles. The second-order valence-electron chi connectivity index (χ2n) is 6.63. The van der Waals surface area contributed by atoms with Crippen LogP contribution in [0.15, 0.2) is 42.6 Å². The van der Waals surface area contributed by atoms with Crippen molar-refractivity contribution < 1.29 is 4.79 Å². The first-order valence-corrected chi connectivity index (χ1v) is 9.10. The number of carbonyl (C=O) groups excluding carboxylic acids is 1. The minimum atomic E-state index is 0.100. The summed E-state index contributed by atoms with van der Waals surface area (Å²) in [6.45, 7) is 7.57.